The predicted molar refractivity (Wildman–Crippen MR) is 102 cm³/mol. The molecule has 6 heteroatoms. The normalized spacial score (nSPS) is 10.2. The van der Waals surface area contributed by atoms with Crippen molar-refractivity contribution in [2.45, 2.75) is 6.54 Å². The van der Waals surface area contributed by atoms with E-state index in [4.69, 9.17) is 4.74 Å². The molecule has 2 aromatic rings. The van der Waals surface area contributed by atoms with Crippen molar-refractivity contribution in [2.75, 3.05) is 32.6 Å². The van der Waals surface area contributed by atoms with Crippen molar-refractivity contribution in [3.8, 4) is 0 Å². The van der Waals surface area contributed by atoms with Crippen molar-refractivity contribution in [2.24, 2.45) is 0 Å². The number of nitrogens with zero attached hydrogens (tertiary/aromatic N) is 2. The third kappa shape index (κ3) is 5.60. The summed E-state index contributed by atoms with van der Waals surface area (Å²) in [5.41, 5.74) is 2.52. The molecule has 0 saturated heterocycles. The van der Waals surface area contributed by atoms with Gasteiger partial charge in [0.2, 0.25) is 0 Å². The molecular formula is C19H21BrN2O3. The highest BCUT2D eigenvalue weighted by molar-refractivity contribution is 9.10. The van der Waals surface area contributed by atoms with Crippen LogP contribution in [0.2, 0.25) is 0 Å². The Morgan fingerprint density at radius 2 is 1.72 bits per heavy atom. The molecular weight excluding hydrogens is 384 g/mol. The van der Waals surface area contributed by atoms with Crippen molar-refractivity contribution in [3.63, 3.8) is 0 Å². The van der Waals surface area contributed by atoms with Gasteiger partial charge in [0, 0.05) is 37.8 Å². The Hall–Kier alpha value is -2.34. The minimum atomic E-state index is -0.515. The van der Waals surface area contributed by atoms with Crippen molar-refractivity contribution in [3.05, 3.63) is 64.1 Å². The van der Waals surface area contributed by atoms with E-state index in [2.05, 4.69) is 15.9 Å². The third-order valence-electron chi connectivity index (χ3n) is 3.69. The SMILES string of the molecule is CN(Cc1ccc(N(C)C)cc1)C(=O)COC(=O)c1cccc(Br)c1. The van der Waals surface area contributed by atoms with E-state index in [1.54, 1.807) is 30.1 Å². The number of carbonyl (C=O) groups excluding carboxylic acids is 2. The monoisotopic (exact) mass is 404 g/mol. The average molecular weight is 405 g/mol. The Labute approximate surface area is 156 Å². The van der Waals surface area contributed by atoms with E-state index < -0.39 is 5.97 Å². The van der Waals surface area contributed by atoms with Crippen molar-refractivity contribution in [1.82, 2.24) is 4.90 Å². The Morgan fingerprint density at radius 1 is 1.04 bits per heavy atom. The van der Waals surface area contributed by atoms with Gasteiger partial charge in [0.25, 0.3) is 5.91 Å². The van der Waals surface area contributed by atoms with Gasteiger partial charge in [0.05, 0.1) is 5.56 Å². The van der Waals surface area contributed by atoms with Crippen LogP contribution >= 0.6 is 15.9 Å². The molecule has 0 N–H and O–H groups in total. The van der Waals surface area contributed by atoms with Crippen molar-refractivity contribution >= 4 is 33.5 Å². The van der Waals surface area contributed by atoms with E-state index >= 15 is 0 Å². The van der Waals surface area contributed by atoms with E-state index in [-0.39, 0.29) is 12.5 Å². The molecule has 0 fully saturated rings. The fraction of sp³-hybridized carbons (Fsp3) is 0.263. The molecule has 0 radical (unpaired) electrons. The second-order valence-electron chi connectivity index (χ2n) is 5.90. The number of benzene rings is 2. The number of hydrogen-bond acceptors (Lipinski definition) is 4. The van der Waals surface area contributed by atoms with Crippen LogP contribution in [0.3, 0.4) is 0 Å². The van der Waals surface area contributed by atoms with Crippen LogP contribution in [0.4, 0.5) is 5.69 Å². The van der Waals surface area contributed by atoms with E-state index in [0.717, 1.165) is 15.7 Å². The molecule has 0 saturated carbocycles. The summed E-state index contributed by atoms with van der Waals surface area (Å²) in [7, 11) is 5.64. The number of ether oxygens (including phenoxy) is 1. The molecule has 25 heavy (non-hydrogen) atoms. The van der Waals surface area contributed by atoms with Crippen LogP contribution in [0, 0.1) is 0 Å². The molecule has 0 atom stereocenters. The first-order chi connectivity index (χ1) is 11.9. The maximum atomic E-state index is 12.2. The van der Waals surface area contributed by atoms with E-state index in [1.807, 2.05) is 49.3 Å². The fourth-order valence-corrected chi connectivity index (χ4v) is 2.60. The Bertz CT molecular complexity index is 745. The lowest BCUT2D eigenvalue weighted by Crippen LogP contribution is -2.30. The van der Waals surface area contributed by atoms with Crippen LogP contribution in [0.25, 0.3) is 0 Å². The minimum absolute atomic E-state index is 0.250. The topological polar surface area (TPSA) is 49.9 Å². The highest BCUT2D eigenvalue weighted by Crippen LogP contribution is 2.14. The molecule has 0 bridgehead atoms. The fourth-order valence-electron chi connectivity index (χ4n) is 2.20. The molecule has 0 aliphatic carbocycles. The number of likely N-dealkylation sites (N-methyl/N-ethyl adjacent to an activating group) is 1. The molecule has 1 amide bonds. The summed E-state index contributed by atoms with van der Waals surface area (Å²) < 4.78 is 5.88. The van der Waals surface area contributed by atoms with Gasteiger partial charge in [-0.05, 0) is 35.9 Å². The number of hydrogen-bond donors (Lipinski definition) is 0. The first kappa shape index (κ1) is 19.0. The summed E-state index contributed by atoms with van der Waals surface area (Å²) in [6.07, 6.45) is 0. The summed E-state index contributed by atoms with van der Waals surface area (Å²) in [6.45, 7) is 0.179. The Balaban J connectivity index is 1.86. The van der Waals surface area contributed by atoms with Crippen LogP contribution in [0.5, 0.6) is 0 Å². The van der Waals surface area contributed by atoms with Gasteiger partial charge < -0.3 is 14.5 Å². The number of anilines is 1. The van der Waals surface area contributed by atoms with Crippen LogP contribution in [-0.2, 0) is 16.1 Å². The molecule has 0 aliphatic rings. The molecule has 5 nitrogen and oxygen atoms in total. The van der Waals surface area contributed by atoms with E-state index in [1.165, 1.54) is 0 Å². The van der Waals surface area contributed by atoms with Gasteiger partial charge in [-0.25, -0.2) is 4.79 Å². The van der Waals surface area contributed by atoms with Crippen LogP contribution < -0.4 is 4.90 Å². The van der Waals surface area contributed by atoms with Gasteiger partial charge in [-0.3, -0.25) is 4.79 Å². The number of halogens is 1. The lowest BCUT2D eigenvalue weighted by atomic mass is 10.2. The molecule has 0 spiro atoms. The largest absolute Gasteiger partial charge is 0.452 e. The minimum Gasteiger partial charge on any atom is -0.452 e. The van der Waals surface area contributed by atoms with Crippen LogP contribution in [0.15, 0.2) is 53.0 Å². The van der Waals surface area contributed by atoms with E-state index in [9.17, 15) is 9.59 Å². The molecule has 0 unspecified atom stereocenters. The summed E-state index contributed by atoms with van der Waals surface area (Å²) >= 11 is 3.30. The Morgan fingerprint density at radius 3 is 2.32 bits per heavy atom. The highest BCUT2D eigenvalue weighted by atomic mass is 79.9. The lowest BCUT2D eigenvalue weighted by molar-refractivity contribution is -0.133. The quantitative estimate of drug-likeness (QED) is 0.692. The molecule has 2 aromatic carbocycles. The standard InChI is InChI=1S/C19H21BrN2O3/c1-21(2)17-9-7-14(8-10-17)12-22(3)18(23)13-25-19(24)15-5-4-6-16(20)11-15/h4-11H,12-13H2,1-3H3. The van der Waals surface area contributed by atoms with Crippen LogP contribution in [-0.4, -0.2) is 44.5 Å². The van der Waals surface area contributed by atoms with Crippen molar-refractivity contribution in [1.29, 1.82) is 0 Å². The lowest BCUT2D eigenvalue weighted by Gasteiger charge is -2.18. The first-order valence-electron chi connectivity index (χ1n) is 7.79. The maximum absolute atomic E-state index is 12.2. The maximum Gasteiger partial charge on any atom is 0.338 e. The number of esters is 1. The summed E-state index contributed by atoms with van der Waals surface area (Å²) in [5.74, 6) is -0.765. The number of rotatable bonds is 6. The second kappa shape index (κ2) is 8.67. The summed E-state index contributed by atoms with van der Waals surface area (Å²) in [4.78, 5) is 27.7. The molecule has 132 valence electrons. The molecule has 0 aliphatic heterocycles. The second-order valence-corrected chi connectivity index (χ2v) is 6.81. The smallest absolute Gasteiger partial charge is 0.338 e. The zero-order valence-electron chi connectivity index (χ0n) is 14.5. The zero-order valence-corrected chi connectivity index (χ0v) is 16.1. The Kier molecular flexibility index (Phi) is 6.58. The zero-order chi connectivity index (χ0) is 18.4. The van der Waals surface area contributed by atoms with Gasteiger partial charge in [-0.1, -0.05) is 34.1 Å². The third-order valence-corrected chi connectivity index (χ3v) is 4.18. The van der Waals surface area contributed by atoms with Crippen molar-refractivity contribution < 1.29 is 14.3 Å². The number of carbonyl (C=O) groups is 2. The molecule has 2 rings (SSSR count). The van der Waals surface area contributed by atoms with Gasteiger partial charge in [0.15, 0.2) is 6.61 Å². The predicted octanol–water partition coefficient (Wildman–Crippen LogP) is 3.33. The van der Waals surface area contributed by atoms with Gasteiger partial charge in [-0.15, -0.1) is 0 Å². The molecule has 0 aromatic heterocycles. The van der Waals surface area contributed by atoms with Gasteiger partial charge >= 0.3 is 5.97 Å². The summed E-state index contributed by atoms with van der Waals surface area (Å²) in [6, 6.07) is 14.8. The average Bonchev–Trinajstić information content (AvgIpc) is 2.59. The van der Waals surface area contributed by atoms with Gasteiger partial charge in [-0.2, -0.15) is 0 Å². The van der Waals surface area contributed by atoms with E-state index in [0.29, 0.717) is 12.1 Å². The van der Waals surface area contributed by atoms with Gasteiger partial charge in [0.1, 0.15) is 0 Å². The van der Waals surface area contributed by atoms with Crippen LogP contribution in [0.1, 0.15) is 15.9 Å². The highest BCUT2D eigenvalue weighted by Gasteiger charge is 2.14. The number of amides is 1. The first-order valence-corrected chi connectivity index (χ1v) is 8.59. The molecule has 0 heterocycles. The summed E-state index contributed by atoms with van der Waals surface area (Å²) in [5, 5.41) is 0.